The molecule has 0 bridgehead atoms. The lowest BCUT2D eigenvalue weighted by molar-refractivity contribution is -0.145. The maximum atomic E-state index is 14.0. The monoisotopic (exact) mass is 684 g/mol. The second kappa shape index (κ2) is 16.3. The highest BCUT2D eigenvalue weighted by atomic mass is 19.4. The number of nitrogens with one attached hydrogen (secondary N) is 1. The van der Waals surface area contributed by atoms with Gasteiger partial charge in [0.05, 0.1) is 18.2 Å². The van der Waals surface area contributed by atoms with E-state index in [2.05, 4.69) is 21.4 Å². The zero-order valence-electron chi connectivity index (χ0n) is 27.5. The maximum absolute atomic E-state index is 14.0. The summed E-state index contributed by atoms with van der Waals surface area (Å²) in [5.41, 5.74) is 1.51. The van der Waals surface area contributed by atoms with Crippen LogP contribution in [-0.2, 0) is 27.0 Å². The molecular formula is C34H43F3N8O4. The highest BCUT2D eigenvalue weighted by Gasteiger charge is 2.39. The molecule has 2 N–H and O–H groups in total. The lowest BCUT2D eigenvalue weighted by atomic mass is 9.91. The molecule has 2 amide bonds. The molecule has 0 radical (unpaired) electrons. The van der Waals surface area contributed by atoms with E-state index in [-0.39, 0.29) is 30.0 Å². The largest absolute Gasteiger partial charge is 0.480 e. The van der Waals surface area contributed by atoms with E-state index in [0.717, 1.165) is 31.2 Å². The molecule has 3 saturated heterocycles. The Bertz CT molecular complexity index is 1500. The number of aromatic nitrogens is 2. The normalized spacial score (nSPS) is 19.1. The fourth-order valence-corrected chi connectivity index (χ4v) is 6.86. The van der Waals surface area contributed by atoms with E-state index < -0.39 is 24.0 Å². The number of hydrogen-bond acceptors (Lipinski definition) is 9. The van der Waals surface area contributed by atoms with Crippen LogP contribution in [0.5, 0.6) is 0 Å². The molecule has 0 spiro atoms. The number of carbonyl (C=O) groups excluding carboxylic acids is 2. The van der Waals surface area contributed by atoms with Crippen molar-refractivity contribution < 1.29 is 32.7 Å². The van der Waals surface area contributed by atoms with Gasteiger partial charge in [0.15, 0.2) is 0 Å². The second-order valence-corrected chi connectivity index (χ2v) is 13.0. The Morgan fingerprint density at radius 3 is 2.31 bits per heavy atom. The zero-order valence-corrected chi connectivity index (χ0v) is 27.5. The molecule has 5 rings (SSSR count). The molecule has 4 heterocycles. The van der Waals surface area contributed by atoms with Crippen LogP contribution in [-0.4, -0.2) is 108 Å². The van der Waals surface area contributed by atoms with Gasteiger partial charge in [-0.1, -0.05) is 12.1 Å². The first-order valence-corrected chi connectivity index (χ1v) is 17.0. The number of carboxylic acids is 1. The van der Waals surface area contributed by atoms with E-state index in [1.807, 2.05) is 21.9 Å². The molecule has 264 valence electrons. The summed E-state index contributed by atoms with van der Waals surface area (Å²) in [5, 5.41) is 20.8. The van der Waals surface area contributed by atoms with Crippen LogP contribution in [0, 0.1) is 17.2 Å². The fraction of sp³-hybridized carbons (Fsp3) is 0.588. The number of aliphatic carboxylic acids is 1. The van der Waals surface area contributed by atoms with Gasteiger partial charge in [0.2, 0.25) is 17.6 Å². The number of nitrogens with zero attached hydrogens (tertiary/aromatic N) is 7. The Hall–Kier alpha value is -4.45. The number of anilines is 2. The van der Waals surface area contributed by atoms with Gasteiger partial charge in [0.1, 0.15) is 17.7 Å². The topological polar surface area (TPSA) is 146 Å². The second-order valence-electron chi connectivity index (χ2n) is 13.0. The molecule has 1 aromatic heterocycles. The molecule has 15 heteroatoms. The van der Waals surface area contributed by atoms with Crippen LogP contribution in [0.25, 0.3) is 0 Å². The summed E-state index contributed by atoms with van der Waals surface area (Å²) >= 11 is 0. The molecule has 12 nitrogen and oxygen atoms in total. The van der Waals surface area contributed by atoms with Crippen molar-refractivity contribution in [3.05, 3.63) is 47.3 Å². The zero-order chi connectivity index (χ0) is 35.0. The van der Waals surface area contributed by atoms with Crippen molar-refractivity contribution in [1.29, 1.82) is 5.26 Å². The molecule has 3 aliphatic heterocycles. The number of piperazine rings is 1. The number of nitriles is 1. The van der Waals surface area contributed by atoms with Crippen LogP contribution in [0.3, 0.4) is 0 Å². The van der Waals surface area contributed by atoms with Crippen LogP contribution in [0.2, 0.25) is 0 Å². The predicted octanol–water partition coefficient (Wildman–Crippen LogP) is 3.31. The molecule has 0 aliphatic carbocycles. The summed E-state index contributed by atoms with van der Waals surface area (Å²) in [5.74, 6) is -1.67. The highest BCUT2D eigenvalue weighted by Crippen LogP contribution is 2.34. The van der Waals surface area contributed by atoms with Crippen molar-refractivity contribution in [3.63, 3.8) is 0 Å². The van der Waals surface area contributed by atoms with E-state index in [9.17, 15) is 27.6 Å². The molecule has 3 fully saturated rings. The van der Waals surface area contributed by atoms with E-state index in [4.69, 9.17) is 10.4 Å². The maximum Gasteiger partial charge on any atom is 0.451 e. The van der Waals surface area contributed by atoms with Gasteiger partial charge in [-0.25, -0.2) is 9.97 Å². The van der Waals surface area contributed by atoms with Gasteiger partial charge in [-0.15, -0.1) is 0 Å². The molecule has 0 unspecified atom stereocenters. The first-order valence-electron chi connectivity index (χ1n) is 17.0. The van der Waals surface area contributed by atoms with Gasteiger partial charge in [0, 0.05) is 64.8 Å². The molecular weight excluding hydrogens is 641 g/mol. The first-order chi connectivity index (χ1) is 23.5. The Labute approximate surface area is 283 Å². The first kappa shape index (κ1) is 35.8. The average Bonchev–Trinajstić information content (AvgIpc) is 3.59. The van der Waals surface area contributed by atoms with Crippen molar-refractivity contribution in [3.8, 4) is 6.07 Å². The van der Waals surface area contributed by atoms with Gasteiger partial charge in [-0.3, -0.25) is 19.3 Å². The van der Waals surface area contributed by atoms with Crippen molar-refractivity contribution in [1.82, 2.24) is 25.1 Å². The van der Waals surface area contributed by atoms with Gasteiger partial charge < -0.3 is 25.1 Å². The minimum atomic E-state index is -4.75. The van der Waals surface area contributed by atoms with Gasteiger partial charge in [-0.2, -0.15) is 18.4 Å². The summed E-state index contributed by atoms with van der Waals surface area (Å²) in [4.78, 5) is 51.7. The number of piperidine rings is 1. The van der Waals surface area contributed by atoms with Crippen LogP contribution >= 0.6 is 0 Å². The summed E-state index contributed by atoms with van der Waals surface area (Å²) in [6.45, 7) is 3.92. The van der Waals surface area contributed by atoms with Gasteiger partial charge in [-0.05, 0) is 68.6 Å². The Morgan fingerprint density at radius 2 is 1.65 bits per heavy atom. The predicted molar refractivity (Wildman–Crippen MR) is 175 cm³/mol. The van der Waals surface area contributed by atoms with E-state index in [1.54, 1.807) is 28.0 Å². The summed E-state index contributed by atoms with van der Waals surface area (Å²) < 4.78 is 42.0. The summed E-state index contributed by atoms with van der Waals surface area (Å²) in [6, 6.07) is 10.1. The summed E-state index contributed by atoms with van der Waals surface area (Å²) in [7, 11) is 0. The number of amides is 2. The average molecular weight is 685 g/mol. The van der Waals surface area contributed by atoms with E-state index in [0.29, 0.717) is 89.5 Å². The SMILES string of the molecule is N#Cc1ccc(CCNC(=O)[C@@H]2CCCN2c2cc(N3CCC(CCCC(=O)N4CCN(CC(=O)O)CC4)CC3)nc(C(F)(F)F)n2)cc1. The molecule has 3 aliphatic rings. The van der Waals surface area contributed by atoms with Gasteiger partial charge >= 0.3 is 12.1 Å². The summed E-state index contributed by atoms with van der Waals surface area (Å²) in [6.07, 6.45) is 0.451. The third-order valence-corrected chi connectivity index (χ3v) is 9.62. The quantitative estimate of drug-likeness (QED) is 0.342. The molecule has 49 heavy (non-hydrogen) atoms. The Morgan fingerprint density at radius 1 is 0.959 bits per heavy atom. The smallest absolute Gasteiger partial charge is 0.451 e. The van der Waals surface area contributed by atoms with Crippen LogP contribution in [0.1, 0.15) is 61.9 Å². The molecule has 2 aromatic rings. The number of alkyl halides is 3. The van der Waals surface area contributed by atoms with Crippen molar-refractivity contribution in [2.45, 2.75) is 63.6 Å². The number of carbonyl (C=O) groups is 3. The number of carboxylic acid groups (broad SMARTS) is 1. The number of benzene rings is 1. The van der Waals surface area contributed by atoms with Crippen molar-refractivity contribution in [2.75, 3.05) is 68.7 Å². The molecule has 0 saturated carbocycles. The lowest BCUT2D eigenvalue weighted by Crippen LogP contribution is -2.49. The fourth-order valence-electron chi connectivity index (χ4n) is 6.86. The van der Waals surface area contributed by atoms with Crippen molar-refractivity contribution in [2.24, 2.45) is 5.92 Å². The van der Waals surface area contributed by atoms with Crippen LogP contribution in [0.15, 0.2) is 30.3 Å². The van der Waals surface area contributed by atoms with Crippen LogP contribution < -0.4 is 15.1 Å². The number of rotatable bonds is 12. The minimum Gasteiger partial charge on any atom is -0.480 e. The number of hydrogen-bond donors (Lipinski definition) is 2. The highest BCUT2D eigenvalue weighted by molar-refractivity contribution is 5.85. The molecule has 1 aromatic carbocycles. The van der Waals surface area contributed by atoms with Crippen molar-refractivity contribution >= 4 is 29.4 Å². The standard InChI is InChI=1S/C34H43F3N8O4/c35-34(36,37)33-40-28(43-15-11-24(12-16-43)3-1-5-30(46)44-19-17-42(18-20-44)23-31(47)48)21-29(41-33)45-14-2-4-27(45)32(49)39-13-10-25-6-8-26(22-38)9-7-25/h6-9,21,24,27H,1-5,10-20,23H2,(H,39,49)(H,47,48)/t27-/m0/s1. The Balaban J connectivity index is 1.13. The minimum absolute atomic E-state index is 0.0204. The number of halogens is 3. The third kappa shape index (κ3) is 9.81. The Kier molecular flexibility index (Phi) is 11.9. The van der Waals surface area contributed by atoms with E-state index >= 15 is 0 Å². The molecule has 1 atom stereocenters. The van der Waals surface area contributed by atoms with Crippen LogP contribution in [0.4, 0.5) is 24.8 Å². The third-order valence-electron chi connectivity index (χ3n) is 9.62. The van der Waals surface area contributed by atoms with Gasteiger partial charge in [0.25, 0.3) is 0 Å². The lowest BCUT2D eigenvalue weighted by Gasteiger charge is -2.35. The van der Waals surface area contributed by atoms with E-state index in [1.165, 1.54) is 0 Å².